The van der Waals surface area contributed by atoms with E-state index >= 15 is 0 Å². The van der Waals surface area contributed by atoms with Crippen molar-refractivity contribution in [2.45, 2.75) is 0 Å². The first-order valence-electron chi connectivity index (χ1n) is 15.7. The molecule has 11 rings (SSSR count). The topological polar surface area (TPSA) is 4.93 Å². The lowest BCUT2D eigenvalue weighted by Crippen LogP contribution is -1.95. The molecule has 206 valence electrons. The first kappa shape index (κ1) is 23.5. The van der Waals surface area contributed by atoms with Crippen LogP contribution >= 0.6 is 0 Å². The van der Waals surface area contributed by atoms with Gasteiger partial charge < -0.3 is 4.57 Å². The number of hydrogen-bond donors (Lipinski definition) is 0. The normalized spacial score (nSPS) is 12.4. The van der Waals surface area contributed by atoms with E-state index in [2.05, 4.69) is 156 Å². The zero-order valence-corrected chi connectivity index (χ0v) is 24.4. The summed E-state index contributed by atoms with van der Waals surface area (Å²) in [5.74, 6) is 0. The number of fused-ring (bicyclic) bond motifs is 15. The third-order valence-corrected chi connectivity index (χ3v) is 10.3. The maximum atomic E-state index is 2.48. The van der Waals surface area contributed by atoms with E-state index in [0.717, 1.165) is 0 Å². The molecule has 9 aromatic carbocycles. The lowest BCUT2D eigenvalue weighted by Gasteiger charge is -2.14. The molecule has 1 nitrogen and oxygen atoms in total. The summed E-state index contributed by atoms with van der Waals surface area (Å²) in [7, 11) is 0. The molecule has 45 heavy (non-hydrogen) atoms. The van der Waals surface area contributed by atoms with Gasteiger partial charge in [-0.05, 0) is 100 Å². The average Bonchev–Trinajstić information content (AvgIpc) is 3.62. The minimum absolute atomic E-state index is 1.20. The van der Waals surface area contributed by atoms with E-state index in [4.69, 9.17) is 0 Å². The predicted molar refractivity (Wildman–Crippen MR) is 193 cm³/mol. The summed E-state index contributed by atoms with van der Waals surface area (Å²) in [6, 6.07) is 56.5. The highest BCUT2D eigenvalue weighted by molar-refractivity contribution is 6.35. The van der Waals surface area contributed by atoms with Gasteiger partial charge in [-0.1, -0.05) is 127 Å². The van der Waals surface area contributed by atoms with Gasteiger partial charge in [0.25, 0.3) is 0 Å². The number of aromatic nitrogens is 1. The Hall–Kier alpha value is -5.92. The van der Waals surface area contributed by atoms with Gasteiger partial charge >= 0.3 is 0 Å². The second kappa shape index (κ2) is 8.37. The van der Waals surface area contributed by atoms with E-state index in [1.807, 2.05) is 0 Å². The van der Waals surface area contributed by atoms with Crippen LogP contribution in [0.15, 0.2) is 152 Å². The molecule has 0 fully saturated rings. The van der Waals surface area contributed by atoms with Gasteiger partial charge in [0.05, 0.1) is 11.0 Å². The highest BCUT2D eigenvalue weighted by Gasteiger charge is 2.23. The molecule has 0 N–H and O–H groups in total. The van der Waals surface area contributed by atoms with Gasteiger partial charge in [0.1, 0.15) is 0 Å². The Labute approximate surface area is 259 Å². The van der Waals surface area contributed by atoms with E-state index in [1.165, 1.54) is 104 Å². The standard InChI is InChI=1S/C44H25N/c1-2-13-30-28(11-1)29-12-5-6-16-34(29)43-35(30)20-21-37-36(43)22-23-41-44(37)38-17-7-8-19-40(38)45(41)27-24-26-10-9-18-33-31-14-3-4-15-32(31)39(25-27)42(26)33/h1-25H. The largest absolute Gasteiger partial charge is 0.309 e. The van der Waals surface area contributed by atoms with Crippen LogP contribution in [0.3, 0.4) is 0 Å². The van der Waals surface area contributed by atoms with Crippen LogP contribution in [0.4, 0.5) is 0 Å². The Balaban J connectivity index is 1.29. The first-order chi connectivity index (χ1) is 22.3. The molecular weight excluding hydrogens is 542 g/mol. The van der Waals surface area contributed by atoms with Crippen molar-refractivity contribution in [1.82, 2.24) is 4.57 Å². The number of nitrogens with zero attached hydrogens (tertiary/aromatic N) is 1. The van der Waals surface area contributed by atoms with Crippen LogP contribution in [-0.4, -0.2) is 4.57 Å². The van der Waals surface area contributed by atoms with Crippen LogP contribution in [-0.2, 0) is 0 Å². The molecule has 1 aliphatic carbocycles. The third-order valence-electron chi connectivity index (χ3n) is 10.3. The summed E-state index contributed by atoms with van der Waals surface area (Å²) in [6.45, 7) is 0. The van der Waals surface area contributed by atoms with Gasteiger partial charge in [-0.3, -0.25) is 0 Å². The fraction of sp³-hybridized carbons (Fsp3) is 0. The Morgan fingerprint density at radius 3 is 1.60 bits per heavy atom. The molecule has 0 radical (unpaired) electrons. The summed E-state index contributed by atoms with van der Waals surface area (Å²) < 4.78 is 2.48. The Bertz CT molecular complexity index is 2890. The Morgan fingerprint density at radius 2 is 0.822 bits per heavy atom. The molecule has 1 aliphatic rings. The number of rotatable bonds is 1. The van der Waals surface area contributed by atoms with Gasteiger partial charge in [0.15, 0.2) is 0 Å². The molecule has 1 heteroatoms. The lowest BCUT2D eigenvalue weighted by atomic mass is 9.90. The molecule has 0 aliphatic heterocycles. The number of para-hydroxylation sites is 1. The Morgan fingerprint density at radius 1 is 0.289 bits per heavy atom. The van der Waals surface area contributed by atoms with E-state index in [-0.39, 0.29) is 0 Å². The summed E-state index contributed by atoms with van der Waals surface area (Å²) in [6.07, 6.45) is 0. The van der Waals surface area contributed by atoms with Gasteiger partial charge in [0.2, 0.25) is 0 Å². The van der Waals surface area contributed by atoms with Crippen molar-refractivity contribution in [3.63, 3.8) is 0 Å². The minimum Gasteiger partial charge on any atom is -0.309 e. The van der Waals surface area contributed by atoms with Crippen LogP contribution in [0.1, 0.15) is 0 Å². The fourth-order valence-corrected chi connectivity index (χ4v) is 8.49. The van der Waals surface area contributed by atoms with Gasteiger partial charge in [-0.25, -0.2) is 0 Å². The smallest absolute Gasteiger partial charge is 0.0547 e. The molecule has 0 bridgehead atoms. The van der Waals surface area contributed by atoms with Crippen LogP contribution in [0.5, 0.6) is 0 Å². The van der Waals surface area contributed by atoms with E-state index in [1.54, 1.807) is 0 Å². The van der Waals surface area contributed by atoms with Crippen molar-refractivity contribution in [2.24, 2.45) is 0 Å². The number of hydrogen-bond acceptors (Lipinski definition) is 0. The fourth-order valence-electron chi connectivity index (χ4n) is 8.49. The van der Waals surface area contributed by atoms with Crippen LogP contribution in [0.25, 0.3) is 104 Å². The van der Waals surface area contributed by atoms with E-state index < -0.39 is 0 Å². The minimum atomic E-state index is 1.20. The van der Waals surface area contributed by atoms with Crippen molar-refractivity contribution in [2.75, 3.05) is 0 Å². The third kappa shape index (κ3) is 2.93. The van der Waals surface area contributed by atoms with Gasteiger partial charge in [-0.2, -0.15) is 0 Å². The van der Waals surface area contributed by atoms with E-state index in [9.17, 15) is 0 Å². The van der Waals surface area contributed by atoms with Crippen molar-refractivity contribution in [3.8, 4) is 27.9 Å². The molecule has 1 heterocycles. The molecule has 10 aromatic rings. The van der Waals surface area contributed by atoms with Crippen molar-refractivity contribution < 1.29 is 0 Å². The summed E-state index contributed by atoms with van der Waals surface area (Å²) in [5, 5.41) is 15.7. The molecule has 0 saturated carbocycles. The number of benzene rings is 9. The van der Waals surface area contributed by atoms with Gasteiger partial charge in [-0.15, -0.1) is 0 Å². The van der Waals surface area contributed by atoms with Crippen LogP contribution < -0.4 is 0 Å². The molecular formula is C44H25N. The van der Waals surface area contributed by atoms with Crippen molar-refractivity contribution in [1.29, 1.82) is 0 Å². The van der Waals surface area contributed by atoms with Crippen molar-refractivity contribution >= 4 is 75.7 Å². The van der Waals surface area contributed by atoms with Gasteiger partial charge in [0, 0.05) is 16.5 Å². The average molecular weight is 568 g/mol. The second-order valence-electron chi connectivity index (χ2n) is 12.4. The van der Waals surface area contributed by atoms with E-state index in [0.29, 0.717) is 0 Å². The molecule has 1 aromatic heterocycles. The lowest BCUT2D eigenvalue weighted by molar-refractivity contribution is 1.19. The first-order valence-corrected chi connectivity index (χ1v) is 15.7. The molecule has 0 atom stereocenters. The zero-order chi connectivity index (χ0) is 29.2. The monoisotopic (exact) mass is 567 g/mol. The van der Waals surface area contributed by atoms with Crippen LogP contribution in [0, 0.1) is 0 Å². The maximum absolute atomic E-state index is 2.48. The molecule has 0 spiro atoms. The summed E-state index contributed by atoms with van der Waals surface area (Å²) in [5.41, 5.74) is 8.99. The second-order valence-corrected chi connectivity index (χ2v) is 12.4. The maximum Gasteiger partial charge on any atom is 0.0547 e. The highest BCUT2D eigenvalue weighted by atomic mass is 15.0. The quantitative estimate of drug-likeness (QED) is 0.174. The summed E-state index contributed by atoms with van der Waals surface area (Å²) in [4.78, 5) is 0. The van der Waals surface area contributed by atoms with Crippen LogP contribution in [0.2, 0.25) is 0 Å². The predicted octanol–water partition coefficient (Wildman–Crippen LogP) is 12.2. The SMILES string of the molecule is c1ccc2c(c1)-c1cccc3cc(-n4c5ccccc5c5c6ccc7c8ccccc8c8ccccc8c7c6ccc54)cc-2c13. The summed E-state index contributed by atoms with van der Waals surface area (Å²) >= 11 is 0. The zero-order valence-electron chi connectivity index (χ0n) is 24.4. The Kier molecular flexibility index (Phi) is 4.38. The highest BCUT2D eigenvalue weighted by Crippen LogP contribution is 2.49. The molecule has 0 unspecified atom stereocenters. The van der Waals surface area contributed by atoms with Crippen molar-refractivity contribution in [3.05, 3.63) is 152 Å². The molecule has 0 saturated heterocycles. The molecule has 0 amide bonds.